The molecule has 0 atom stereocenters. The zero-order valence-electron chi connectivity index (χ0n) is 24.4. The van der Waals surface area contributed by atoms with Gasteiger partial charge >= 0.3 is 17.1 Å². The van der Waals surface area contributed by atoms with E-state index in [1.165, 1.54) is 0 Å². The van der Waals surface area contributed by atoms with Crippen LogP contribution in [-0.2, 0) is 17.7 Å². The number of hydrogen-bond donors (Lipinski definition) is 0. The molecule has 0 aromatic heterocycles. The SMILES string of the molecule is CC[Si]1(CC)OCCN(C(=O)c2ccc(-c3ccc(C(=O)N4CCO[Si](CC)(CC)OCC4)cc3)cc2)CCO1. The van der Waals surface area contributed by atoms with Gasteiger partial charge in [0.05, 0.1) is 26.4 Å². The van der Waals surface area contributed by atoms with Crippen molar-refractivity contribution in [2.75, 3.05) is 52.6 Å². The van der Waals surface area contributed by atoms with E-state index in [0.29, 0.717) is 63.7 Å². The van der Waals surface area contributed by atoms with Gasteiger partial charge in [-0.3, -0.25) is 9.59 Å². The topological polar surface area (TPSA) is 77.5 Å². The van der Waals surface area contributed by atoms with E-state index < -0.39 is 17.1 Å². The Morgan fingerprint density at radius 1 is 0.550 bits per heavy atom. The summed E-state index contributed by atoms with van der Waals surface area (Å²) in [7, 11) is -4.21. The molecule has 2 aliphatic heterocycles. The van der Waals surface area contributed by atoms with Crippen molar-refractivity contribution in [2.24, 2.45) is 0 Å². The standard InChI is InChI=1S/C30H44N2O6Si2/c1-5-39(6-2)35-21-17-31(18-22-36-39)29(33)27-13-9-25(10-14-27)26-11-15-28(16-12-26)30(34)32-19-23-37-40(7-3,8-4)38-24-20-32/h9-16H,5-8,17-24H2,1-4H3. The van der Waals surface area contributed by atoms with Crippen molar-refractivity contribution in [3.63, 3.8) is 0 Å². The molecule has 4 rings (SSSR count). The van der Waals surface area contributed by atoms with Gasteiger partial charge in [0.15, 0.2) is 0 Å². The molecule has 2 heterocycles. The van der Waals surface area contributed by atoms with Crippen LogP contribution in [0.2, 0.25) is 24.2 Å². The second-order valence-electron chi connectivity index (χ2n) is 10.4. The Bertz CT molecular complexity index is 1010. The quantitative estimate of drug-likeness (QED) is 0.412. The summed E-state index contributed by atoms with van der Waals surface area (Å²) in [4.78, 5) is 30.0. The smallest absolute Gasteiger partial charge is 0.337 e. The van der Waals surface area contributed by atoms with Crippen molar-refractivity contribution in [1.29, 1.82) is 0 Å². The van der Waals surface area contributed by atoms with Crippen LogP contribution in [0.1, 0.15) is 48.4 Å². The van der Waals surface area contributed by atoms with E-state index >= 15 is 0 Å². The normalized spacial score (nSPS) is 19.7. The molecule has 2 aromatic rings. The molecule has 10 heteroatoms. The maximum absolute atomic E-state index is 13.2. The molecule has 2 amide bonds. The Kier molecular flexibility index (Phi) is 10.7. The van der Waals surface area contributed by atoms with E-state index in [4.69, 9.17) is 17.7 Å². The van der Waals surface area contributed by atoms with Gasteiger partial charge in [0, 0.05) is 37.3 Å². The highest BCUT2D eigenvalue weighted by atomic mass is 28.4. The molecule has 2 aromatic carbocycles. The van der Waals surface area contributed by atoms with Crippen molar-refractivity contribution < 1.29 is 27.3 Å². The van der Waals surface area contributed by atoms with Crippen LogP contribution >= 0.6 is 0 Å². The number of hydrogen-bond acceptors (Lipinski definition) is 6. The van der Waals surface area contributed by atoms with Crippen molar-refractivity contribution in [3.05, 3.63) is 59.7 Å². The van der Waals surface area contributed by atoms with Crippen LogP contribution in [0.4, 0.5) is 0 Å². The summed E-state index contributed by atoms with van der Waals surface area (Å²) < 4.78 is 24.6. The summed E-state index contributed by atoms with van der Waals surface area (Å²) in [5.74, 6) is -0.0262. The summed E-state index contributed by atoms with van der Waals surface area (Å²) in [5.41, 5.74) is 3.27. The molecular formula is C30H44N2O6Si2. The number of benzene rings is 2. The third-order valence-electron chi connectivity index (χ3n) is 8.23. The average Bonchev–Trinajstić information content (AvgIpc) is 2.98. The fourth-order valence-electron chi connectivity index (χ4n) is 5.37. The molecule has 2 saturated heterocycles. The first-order valence-electron chi connectivity index (χ1n) is 14.7. The summed E-state index contributed by atoms with van der Waals surface area (Å²) in [6.07, 6.45) is 0. The minimum atomic E-state index is -2.11. The molecule has 218 valence electrons. The van der Waals surface area contributed by atoms with Gasteiger partial charge in [-0.15, -0.1) is 0 Å². The van der Waals surface area contributed by atoms with Crippen LogP contribution in [0.5, 0.6) is 0 Å². The fraction of sp³-hybridized carbons (Fsp3) is 0.533. The number of carbonyl (C=O) groups is 2. The highest BCUT2D eigenvalue weighted by Gasteiger charge is 2.36. The van der Waals surface area contributed by atoms with Gasteiger partial charge in [0.1, 0.15) is 0 Å². The Hall–Kier alpha value is -2.35. The van der Waals surface area contributed by atoms with Gasteiger partial charge < -0.3 is 27.5 Å². The van der Waals surface area contributed by atoms with Crippen LogP contribution in [0, 0.1) is 0 Å². The Morgan fingerprint density at radius 3 is 1.07 bits per heavy atom. The predicted octanol–water partition coefficient (Wildman–Crippen LogP) is 5.30. The zero-order valence-corrected chi connectivity index (χ0v) is 26.4. The minimum Gasteiger partial charge on any atom is -0.392 e. The van der Waals surface area contributed by atoms with E-state index in [2.05, 4.69) is 27.7 Å². The summed E-state index contributed by atoms with van der Waals surface area (Å²) in [5, 5.41) is 0. The maximum Gasteiger partial charge on any atom is 0.337 e. The first-order valence-corrected chi connectivity index (χ1v) is 19.2. The van der Waals surface area contributed by atoms with Crippen LogP contribution in [-0.4, -0.2) is 91.3 Å². The summed E-state index contributed by atoms with van der Waals surface area (Å²) >= 11 is 0. The van der Waals surface area contributed by atoms with Crippen molar-refractivity contribution in [1.82, 2.24) is 9.80 Å². The number of amides is 2. The lowest BCUT2D eigenvalue weighted by Crippen LogP contribution is -2.48. The molecule has 0 N–H and O–H groups in total. The van der Waals surface area contributed by atoms with E-state index in [9.17, 15) is 9.59 Å². The molecular weight excluding hydrogens is 541 g/mol. The van der Waals surface area contributed by atoms with Gasteiger partial charge in [-0.05, 0) is 59.6 Å². The number of carbonyl (C=O) groups excluding carboxylic acids is 2. The average molecular weight is 585 g/mol. The molecule has 40 heavy (non-hydrogen) atoms. The summed E-state index contributed by atoms with van der Waals surface area (Å²) in [6, 6.07) is 19.0. The first kappa shape index (κ1) is 30.6. The number of rotatable bonds is 7. The Labute approximate surface area is 241 Å². The van der Waals surface area contributed by atoms with Crippen molar-refractivity contribution in [2.45, 2.75) is 51.9 Å². The Morgan fingerprint density at radius 2 is 0.825 bits per heavy atom. The molecule has 8 nitrogen and oxygen atoms in total. The monoisotopic (exact) mass is 584 g/mol. The zero-order chi connectivity index (χ0) is 28.6. The number of nitrogens with zero attached hydrogens (tertiary/aromatic N) is 2. The van der Waals surface area contributed by atoms with Crippen LogP contribution < -0.4 is 0 Å². The summed E-state index contributed by atoms with van der Waals surface area (Å²) in [6.45, 7) is 12.8. The van der Waals surface area contributed by atoms with Gasteiger partial charge in [-0.2, -0.15) is 0 Å². The van der Waals surface area contributed by atoms with E-state index in [-0.39, 0.29) is 11.8 Å². The minimum absolute atomic E-state index is 0.0131. The maximum atomic E-state index is 13.2. The van der Waals surface area contributed by atoms with Gasteiger partial charge in [-0.1, -0.05) is 52.0 Å². The third kappa shape index (κ3) is 7.10. The molecule has 2 fully saturated rings. The molecule has 0 saturated carbocycles. The lowest BCUT2D eigenvalue weighted by atomic mass is 10.0. The van der Waals surface area contributed by atoms with Crippen molar-refractivity contribution >= 4 is 28.9 Å². The predicted molar refractivity (Wildman–Crippen MR) is 161 cm³/mol. The third-order valence-corrected chi connectivity index (χ3v) is 15.5. The second kappa shape index (κ2) is 14.0. The highest BCUT2D eigenvalue weighted by molar-refractivity contribution is 6.67. The lowest BCUT2D eigenvalue weighted by Gasteiger charge is -2.34. The van der Waals surface area contributed by atoms with Gasteiger partial charge in [-0.25, -0.2) is 0 Å². The fourth-order valence-corrected chi connectivity index (χ4v) is 10.0. The molecule has 0 spiro atoms. The van der Waals surface area contributed by atoms with Crippen LogP contribution in [0.3, 0.4) is 0 Å². The van der Waals surface area contributed by atoms with Crippen LogP contribution in [0.25, 0.3) is 11.1 Å². The molecule has 0 aliphatic carbocycles. The van der Waals surface area contributed by atoms with Crippen molar-refractivity contribution in [3.8, 4) is 11.1 Å². The van der Waals surface area contributed by atoms with Gasteiger partial charge in [0.2, 0.25) is 0 Å². The lowest BCUT2D eigenvalue weighted by molar-refractivity contribution is 0.0576. The second-order valence-corrected chi connectivity index (χ2v) is 18.0. The largest absolute Gasteiger partial charge is 0.392 e. The van der Waals surface area contributed by atoms with Crippen LogP contribution in [0.15, 0.2) is 48.5 Å². The molecule has 0 unspecified atom stereocenters. The Balaban J connectivity index is 1.35. The first-order chi connectivity index (χ1) is 19.4. The van der Waals surface area contributed by atoms with E-state index in [1.807, 2.05) is 58.3 Å². The molecule has 0 bridgehead atoms. The molecule has 2 aliphatic rings. The highest BCUT2D eigenvalue weighted by Crippen LogP contribution is 2.24. The van der Waals surface area contributed by atoms with Gasteiger partial charge in [0.25, 0.3) is 11.8 Å². The van der Waals surface area contributed by atoms with E-state index in [1.54, 1.807) is 0 Å². The van der Waals surface area contributed by atoms with E-state index in [0.717, 1.165) is 35.3 Å². The molecule has 0 radical (unpaired) electrons.